The van der Waals surface area contributed by atoms with E-state index >= 15 is 0 Å². The number of hydrogen-bond donors (Lipinski definition) is 6. The fourth-order valence-electron chi connectivity index (χ4n) is 7.24. The summed E-state index contributed by atoms with van der Waals surface area (Å²) in [5, 5.41) is 17.1. The molecular formula is C43H61N7O7. The van der Waals surface area contributed by atoms with Crippen molar-refractivity contribution in [2.24, 2.45) is 23.7 Å². The van der Waals surface area contributed by atoms with Crippen molar-refractivity contribution in [2.75, 3.05) is 6.54 Å². The summed E-state index contributed by atoms with van der Waals surface area (Å²) in [7, 11) is 0. The maximum Gasteiger partial charge on any atom is 0.246 e. The smallest absolute Gasteiger partial charge is 0.246 e. The van der Waals surface area contributed by atoms with Gasteiger partial charge in [0, 0.05) is 19.4 Å². The fraction of sp³-hybridized carbons (Fsp3) is 0.558. The van der Waals surface area contributed by atoms with Crippen molar-refractivity contribution in [1.82, 2.24) is 36.8 Å². The molecule has 4 rings (SSSR count). The van der Waals surface area contributed by atoms with Crippen LogP contribution < -0.4 is 31.9 Å². The molecule has 0 spiro atoms. The van der Waals surface area contributed by atoms with Gasteiger partial charge in [-0.2, -0.15) is 0 Å². The van der Waals surface area contributed by atoms with Crippen molar-refractivity contribution in [1.29, 1.82) is 0 Å². The molecule has 0 bridgehead atoms. The molecule has 14 heteroatoms. The van der Waals surface area contributed by atoms with E-state index in [1.807, 2.05) is 60.7 Å². The zero-order valence-corrected chi connectivity index (χ0v) is 34.5. The molecule has 0 aliphatic carbocycles. The molecule has 2 heterocycles. The van der Waals surface area contributed by atoms with Gasteiger partial charge < -0.3 is 36.8 Å². The summed E-state index contributed by atoms with van der Waals surface area (Å²) in [5.74, 6) is -5.67. The van der Waals surface area contributed by atoms with Crippen LogP contribution in [0.25, 0.3) is 0 Å². The lowest BCUT2D eigenvalue weighted by molar-refractivity contribution is -0.143. The van der Waals surface area contributed by atoms with Crippen molar-refractivity contribution in [3.63, 3.8) is 0 Å². The standard InChI is InChI=1S/C43H61N7O7/c1-24(2)33-40(54)45-30(22-28-16-11-9-12-17-28)37(51)44-31(23-29-18-13-10-14-19-29)38(52)49-36(27(7)8)43(57)50-21-15-20-32(50)39(53)46-34(25(3)4)41(55)48-35(26(5)6)42(56)47-33/h9-14,16-19,24-27,30-36H,15,20-23H2,1-8H3,(H,44,51)(H,45,54)(H,46,53)(H,47,56)(H,48,55)(H,49,52)/t30-,31+,32-,33+,34+,35+,36+/m0/s1. The van der Waals surface area contributed by atoms with Gasteiger partial charge in [0.2, 0.25) is 41.4 Å². The second kappa shape index (κ2) is 20.2. The minimum atomic E-state index is -1.17. The highest BCUT2D eigenvalue weighted by molar-refractivity contribution is 5.99. The van der Waals surface area contributed by atoms with Crippen LogP contribution in [0.15, 0.2) is 60.7 Å². The van der Waals surface area contributed by atoms with Crippen LogP contribution in [0.3, 0.4) is 0 Å². The van der Waals surface area contributed by atoms with E-state index in [0.717, 1.165) is 11.1 Å². The lowest BCUT2D eigenvalue weighted by Gasteiger charge is -2.33. The van der Waals surface area contributed by atoms with Crippen molar-refractivity contribution in [3.05, 3.63) is 71.8 Å². The lowest BCUT2D eigenvalue weighted by Crippen LogP contribution is -2.62. The van der Waals surface area contributed by atoms with E-state index in [-0.39, 0.29) is 25.3 Å². The number of nitrogens with one attached hydrogen (secondary N) is 6. The van der Waals surface area contributed by atoms with Gasteiger partial charge in [-0.15, -0.1) is 0 Å². The van der Waals surface area contributed by atoms with Crippen molar-refractivity contribution in [3.8, 4) is 0 Å². The van der Waals surface area contributed by atoms with E-state index < -0.39 is 101 Å². The summed E-state index contributed by atoms with van der Waals surface area (Å²) in [6.07, 6.45) is 1.04. The first-order valence-electron chi connectivity index (χ1n) is 20.2. The number of rotatable bonds is 8. The number of benzene rings is 2. The van der Waals surface area contributed by atoms with Crippen molar-refractivity contribution >= 4 is 41.4 Å². The van der Waals surface area contributed by atoms with Crippen molar-refractivity contribution in [2.45, 2.75) is 123 Å². The second-order valence-electron chi connectivity index (χ2n) is 16.6. The second-order valence-corrected chi connectivity index (χ2v) is 16.6. The molecule has 2 fully saturated rings. The average Bonchev–Trinajstić information content (AvgIpc) is 3.66. The minimum absolute atomic E-state index is 0.0720. The Labute approximate surface area is 336 Å². The first-order valence-corrected chi connectivity index (χ1v) is 20.2. The van der Waals surface area contributed by atoms with E-state index in [1.54, 1.807) is 55.4 Å². The highest BCUT2D eigenvalue weighted by Gasteiger charge is 2.42. The highest BCUT2D eigenvalue weighted by Crippen LogP contribution is 2.22. The molecule has 2 aliphatic heterocycles. The quantitative estimate of drug-likeness (QED) is 0.236. The van der Waals surface area contributed by atoms with E-state index in [0.29, 0.717) is 12.8 Å². The first kappa shape index (κ1) is 44.4. The predicted octanol–water partition coefficient (Wildman–Crippen LogP) is 2.01. The topological polar surface area (TPSA) is 195 Å². The number of carbonyl (C=O) groups excluding carboxylic acids is 7. The van der Waals surface area contributed by atoms with Gasteiger partial charge in [-0.25, -0.2) is 0 Å². The molecule has 2 aromatic carbocycles. The molecule has 7 atom stereocenters. The third kappa shape index (κ3) is 11.9. The molecular weight excluding hydrogens is 727 g/mol. The number of fused-ring (bicyclic) bond motifs is 1. The van der Waals surface area contributed by atoms with Gasteiger partial charge in [0.1, 0.15) is 42.3 Å². The Kier molecular flexibility index (Phi) is 15.8. The molecule has 2 aromatic rings. The van der Waals surface area contributed by atoms with Gasteiger partial charge in [0.05, 0.1) is 0 Å². The van der Waals surface area contributed by atoms with E-state index in [4.69, 9.17) is 0 Å². The fourth-order valence-corrected chi connectivity index (χ4v) is 7.24. The summed E-state index contributed by atoms with van der Waals surface area (Å²) < 4.78 is 0. The van der Waals surface area contributed by atoms with Gasteiger partial charge in [-0.1, -0.05) is 116 Å². The van der Waals surface area contributed by atoms with Crippen LogP contribution in [0.5, 0.6) is 0 Å². The third-order valence-corrected chi connectivity index (χ3v) is 10.6. The number of carbonyl (C=O) groups is 7. The molecule has 7 amide bonds. The Morgan fingerprint density at radius 2 is 0.825 bits per heavy atom. The number of nitrogens with zero attached hydrogens (tertiary/aromatic N) is 1. The molecule has 2 aliphatic rings. The van der Waals surface area contributed by atoms with Crippen LogP contribution in [-0.4, -0.2) is 95.1 Å². The highest BCUT2D eigenvalue weighted by atomic mass is 16.2. The van der Waals surface area contributed by atoms with E-state index in [1.165, 1.54) is 4.90 Å². The molecule has 310 valence electrons. The zero-order chi connectivity index (χ0) is 42.0. The Balaban J connectivity index is 1.80. The Bertz CT molecular complexity index is 1730. The number of amides is 7. The maximum atomic E-state index is 14.3. The Hall–Kier alpha value is -5.27. The van der Waals surface area contributed by atoms with E-state index in [2.05, 4.69) is 31.9 Å². The largest absolute Gasteiger partial charge is 0.342 e. The Morgan fingerprint density at radius 3 is 1.25 bits per heavy atom. The summed E-state index contributed by atoms with van der Waals surface area (Å²) in [6, 6.07) is 10.7. The zero-order valence-electron chi connectivity index (χ0n) is 34.5. The molecule has 0 saturated carbocycles. The summed E-state index contributed by atoms with van der Waals surface area (Å²) in [5.41, 5.74) is 1.50. The van der Waals surface area contributed by atoms with Gasteiger partial charge >= 0.3 is 0 Å². The molecule has 57 heavy (non-hydrogen) atoms. The Morgan fingerprint density at radius 1 is 0.474 bits per heavy atom. The normalized spacial score (nSPS) is 26.3. The van der Waals surface area contributed by atoms with Crippen LogP contribution >= 0.6 is 0 Å². The van der Waals surface area contributed by atoms with Crippen LogP contribution in [0, 0.1) is 23.7 Å². The summed E-state index contributed by atoms with van der Waals surface area (Å²) in [6.45, 7) is 14.4. The number of hydrogen-bond acceptors (Lipinski definition) is 7. The lowest BCUT2D eigenvalue weighted by atomic mass is 9.97. The van der Waals surface area contributed by atoms with Crippen LogP contribution in [0.1, 0.15) is 79.4 Å². The minimum Gasteiger partial charge on any atom is -0.342 e. The maximum absolute atomic E-state index is 14.3. The third-order valence-electron chi connectivity index (χ3n) is 10.6. The summed E-state index contributed by atoms with van der Waals surface area (Å²) in [4.78, 5) is 100. The average molecular weight is 788 g/mol. The summed E-state index contributed by atoms with van der Waals surface area (Å²) >= 11 is 0. The monoisotopic (exact) mass is 787 g/mol. The molecule has 2 saturated heterocycles. The molecule has 0 unspecified atom stereocenters. The van der Waals surface area contributed by atoms with E-state index in [9.17, 15) is 33.6 Å². The van der Waals surface area contributed by atoms with Crippen LogP contribution in [0.2, 0.25) is 0 Å². The van der Waals surface area contributed by atoms with Crippen molar-refractivity contribution < 1.29 is 33.6 Å². The molecule has 6 N–H and O–H groups in total. The molecule has 0 aromatic heterocycles. The van der Waals surface area contributed by atoms with Gasteiger partial charge in [-0.05, 0) is 47.6 Å². The first-order chi connectivity index (χ1) is 27.0. The van der Waals surface area contributed by atoms with Gasteiger partial charge in [-0.3, -0.25) is 33.6 Å². The predicted molar refractivity (Wildman–Crippen MR) is 216 cm³/mol. The molecule has 0 radical (unpaired) electrons. The van der Waals surface area contributed by atoms with Crippen LogP contribution in [-0.2, 0) is 46.4 Å². The van der Waals surface area contributed by atoms with Crippen LogP contribution in [0.4, 0.5) is 0 Å². The van der Waals surface area contributed by atoms with Gasteiger partial charge in [0.15, 0.2) is 0 Å². The molecule has 14 nitrogen and oxygen atoms in total. The van der Waals surface area contributed by atoms with Gasteiger partial charge in [0.25, 0.3) is 0 Å². The SMILES string of the molecule is CC(C)[C@H]1NC(=O)[C@@H](C(C)C)NC(=O)[C@@H](C(C)C)NC(=O)[C@@H]2CCCN2C(=O)[C@@H](C(C)C)NC(=O)[C@@H](Cc2ccccc2)NC(=O)[C@H](Cc2ccccc2)NC1=O.